The van der Waals surface area contributed by atoms with Crippen molar-refractivity contribution in [3.05, 3.63) is 10.4 Å². The first-order chi connectivity index (χ1) is 12.2. The van der Waals surface area contributed by atoms with Gasteiger partial charge < -0.3 is 19.4 Å². The number of hydrogen-bond acceptors (Lipinski definition) is 4. The van der Waals surface area contributed by atoms with Crippen molar-refractivity contribution < 1.29 is 14.3 Å². The number of ether oxygens (including phenoxy) is 1. The molecule has 9 heteroatoms. The molecule has 5 fully saturated rings. The normalized spacial score (nSPS) is 35.3. The quantitative estimate of drug-likeness (QED) is 0.438. The van der Waals surface area contributed by atoms with Crippen molar-refractivity contribution in [2.45, 2.75) is 57.2 Å². The molecule has 0 aromatic rings. The molecule has 0 aromatic heterocycles. The van der Waals surface area contributed by atoms with Gasteiger partial charge in [-0.2, -0.15) is 0 Å². The van der Waals surface area contributed by atoms with Crippen LogP contribution in [0.25, 0.3) is 10.4 Å². The van der Waals surface area contributed by atoms with Crippen LogP contribution in [0, 0.1) is 5.41 Å². The first-order valence-corrected chi connectivity index (χ1v) is 9.24. The van der Waals surface area contributed by atoms with Crippen LogP contribution in [-0.4, -0.2) is 76.7 Å². The van der Waals surface area contributed by atoms with E-state index in [2.05, 4.69) is 10.0 Å². The van der Waals surface area contributed by atoms with Crippen molar-refractivity contribution in [1.82, 2.24) is 14.7 Å². The standard InChI is InChI=1S/C17H26N6O3/c1-15(2,3)26-14(25)21-4-5-22-12(6-21)7-23(13(22)24)17-8-16(9-17,10-17)11-19-20-18/h12H,4-11H2,1-3H3/t12-,16?,17?/m0/s1. The summed E-state index contributed by atoms with van der Waals surface area (Å²) in [7, 11) is 0. The van der Waals surface area contributed by atoms with Crippen LogP contribution in [0.1, 0.15) is 40.0 Å². The fourth-order valence-electron chi connectivity index (χ4n) is 5.17. The highest BCUT2D eigenvalue weighted by Gasteiger charge is 2.72. The molecule has 0 radical (unpaired) electrons. The van der Waals surface area contributed by atoms with Crippen molar-refractivity contribution in [2.24, 2.45) is 10.5 Å². The number of rotatable bonds is 3. The first kappa shape index (κ1) is 17.3. The second kappa shape index (κ2) is 5.42. The Morgan fingerprint density at radius 3 is 2.62 bits per heavy atom. The first-order valence-electron chi connectivity index (χ1n) is 9.24. The monoisotopic (exact) mass is 362 g/mol. The smallest absolute Gasteiger partial charge is 0.410 e. The van der Waals surface area contributed by atoms with Gasteiger partial charge in [-0.15, -0.1) is 0 Å². The van der Waals surface area contributed by atoms with Crippen molar-refractivity contribution in [3.8, 4) is 0 Å². The number of fused-ring (bicyclic) bond motifs is 1. The van der Waals surface area contributed by atoms with E-state index in [0.29, 0.717) is 32.7 Å². The molecule has 2 bridgehead atoms. The number of azide groups is 1. The van der Waals surface area contributed by atoms with Gasteiger partial charge in [0.05, 0.1) is 6.04 Å². The van der Waals surface area contributed by atoms with Gasteiger partial charge in [-0.3, -0.25) is 0 Å². The molecule has 3 aliphatic carbocycles. The van der Waals surface area contributed by atoms with Crippen LogP contribution < -0.4 is 0 Å². The summed E-state index contributed by atoms with van der Waals surface area (Å²) in [5.41, 5.74) is 8.07. The maximum atomic E-state index is 12.9. The third-order valence-electron chi connectivity index (χ3n) is 6.16. The van der Waals surface area contributed by atoms with Gasteiger partial charge in [0.2, 0.25) is 0 Å². The summed E-state index contributed by atoms with van der Waals surface area (Å²) in [5, 5.41) is 3.72. The van der Waals surface area contributed by atoms with Gasteiger partial charge in [-0.1, -0.05) is 5.11 Å². The number of carbonyl (C=O) groups is 2. The van der Waals surface area contributed by atoms with E-state index in [1.54, 1.807) is 4.90 Å². The molecule has 5 rings (SSSR count). The fraction of sp³-hybridized carbons (Fsp3) is 0.882. The van der Waals surface area contributed by atoms with E-state index >= 15 is 0 Å². The lowest BCUT2D eigenvalue weighted by atomic mass is 9.39. The van der Waals surface area contributed by atoms with E-state index in [4.69, 9.17) is 10.3 Å². The second-order valence-electron chi connectivity index (χ2n) is 9.31. The lowest BCUT2D eigenvalue weighted by molar-refractivity contribution is -0.193. The Labute approximate surface area is 152 Å². The average Bonchev–Trinajstić information content (AvgIpc) is 2.80. The van der Waals surface area contributed by atoms with Crippen LogP contribution in [0.4, 0.5) is 9.59 Å². The predicted molar refractivity (Wildman–Crippen MR) is 93.4 cm³/mol. The minimum atomic E-state index is -0.516. The van der Waals surface area contributed by atoms with Crippen molar-refractivity contribution in [3.63, 3.8) is 0 Å². The largest absolute Gasteiger partial charge is 0.444 e. The topological polar surface area (TPSA) is 102 Å². The van der Waals surface area contributed by atoms with E-state index in [-0.39, 0.29) is 29.1 Å². The molecule has 9 nitrogen and oxygen atoms in total. The van der Waals surface area contributed by atoms with Gasteiger partial charge in [-0.25, -0.2) is 9.59 Å². The third-order valence-corrected chi connectivity index (χ3v) is 6.16. The molecule has 0 unspecified atom stereocenters. The zero-order valence-electron chi connectivity index (χ0n) is 15.6. The lowest BCUT2D eigenvalue weighted by Crippen LogP contribution is -2.76. The molecule has 142 valence electrons. The highest BCUT2D eigenvalue weighted by molar-refractivity contribution is 5.80. The number of piperazine rings is 1. The maximum absolute atomic E-state index is 12.9. The SMILES string of the molecule is CC(C)(C)OC(=O)N1CCN2C(=O)N(C34CC(CN=[N+]=[N-])(C3)C4)C[C@@H]2C1. The lowest BCUT2D eigenvalue weighted by Gasteiger charge is -2.73. The Bertz CT molecular complexity index is 675. The summed E-state index contributed by atoms with van der Waals surface area (Å²) in [6, 6.07) is 0.127. The van der Waals surface area contributed by atoms with E-state index in [0.717, 1.165) is 19.3 Å². The van der Waals surface area contributed by atoms with Gasteiger partial charge in [0, 0.05) is 43.2 Å². The summed E-state index contributed by atoms with van der Waals surface area (Å²) >= 11 is 0. The molecule has 2 saturated heterocycles. The Hall–Kier alpha value is -2.15. The summed E-state index contributed by atoms with van der Waals surface area (Å²) in [6.45, 7) is 8.36. The Balaban J connectivity index is 1.37. The number of nitrogens with zero attached hydrogens (tertiary/aromatic N) is 6. The number of carbonyl (C=O) groups excluding carboxylic acids is 2. The molecule has 26 heavy (non-hydrogen) atoms. The summed E-state index contributed by atoms with van der Waals surface area (Å²) in [5.74, 6) is 0. The van der Waals surface area contributed by atoms with Crippen LogP contribution in [0.2, 0.25) is 0 Å². The molecule has 5 aliphatic rings. The molecular weight excluding hydrogens is 336 g/mol. The van der Waals surface area contributed by atoms with Crippen LogP contribution in [0.5, 0.6) is 0 Å². The molecule has 0 N–H and O–H groups in total. The number of urea groups is 1. The minimum absolute atomic E-state index is 0.0332. The minimum Gasteiger partial charge on any atom is -0.444 e. The molecular formula is C17H26N6O3. The van der Waals surface area contributed by atoms with Crippen LogP contribution >= 0.6 is 0 Å². The van der Waals surface area contributed by atoms with Crippen molar-refractivity contribution in [1.29, 1.82) is 0 Å². The van der Waals surface area contributed by atoms with Crippen molar-refractivity contribution >= 4 is 12.1 Å². The summed E-state index contributed by atoms with van der Waals surface area (Å²) in [4.78, 5) is 33.7. The van der Waals surface area contributed by atoms with Gasteiger partial charge in [0.15, 0.2) is 0 Å². The zero-order valence-corrected chi connectivity index (χ0v) is 15.6. The molecule has 1 atom stereocenters. The van der Waals surface area contributed by atoms with Gasteiger partial charge in [-0.05, 0) is 51.0 Å². The Kier molecular flexibility index (Phi) is 3.60. The fourth-order valence-corrected chi connectivity index (χ4v) is 5.17. The van der Waals surface area contributed by atoms with E-state index < -0.39 is 5.60 Å². The average molecular weight is 362 g/mol. The van der Waals surface area contributed by atoms with Crippen LogP contribution in [0.15, 0.2) is 5.11 Å². The van der Waals surface area contributed by atoms with E-state index in [1.165, 1.54) is 0 Å². The molecule has 0 aromatic carbocycles. The van der Waals surface area contributed by atoms with Crippen molar-refractivity contribution in [2.75, 3.05) is 32.7 Å². The van der Waals surface area contributed by atoms with Gasteiger partial charge >= 0.3 is 12.1 Å². The van der Waals surface area contributed by atoms with Gasteiger partial charge in [0.25, 0.3) is 0 Å². The third kappa shape index (κ3) is 2.57. The van der Waals surface area contributed by atoms with Gasteiger partial charge in [0.1, 0.15) is 5.60 Å². The van der Waals surface area contributed by atoms with Crippen LogP contribution in [0.3, 0.4) is 0 Å². The molecule has 2 aliphatic heterocycles. The van der Waals surface area contributed by atoms with Crippen LogP contribution in [-0.2, 0) is 4.74 Å². The Morgan fingerprint density at radius 2 is 2.00 bits per heavy atom. The number of hydrogen-bond donors (Lipinski definition) is 0. The zero-order chi connectivity index (χ0) is 18.7. The molecule has 2 heterocycles. The summed E-state index contributed by atoms with van der Waals surface area (Å²) in [6.07, 6.45) is 2.49. The number of amides is 3. The highest BCUT2D eigenvalue weighted by Crippen LogP contribution is 2.70. The Morgan fingerprint density at radius 1 is 1.31 bits per heavy atom. The maximum Gasteiger partial charge on any atom is 0.410 e. The molecule has 3 saturated carbocycles. The second-order valence-corrected chi connectivity index (χ2v) is 9.31. The highest BCUT2D eigenvalue weighted by atomic mass is 16.6. The molecule has 0 spiro atoms. The van der Waals surface area contributed by atoms with E-state index in [1.807, 2.05) is 30.6 Å². The molecule has 3 amide bonds. The van der Waals surface area contributed by atoms with E-state index in [9.17, 15) is 9.59 Å². The predicted octanol–water partition coefficient (Wildman–Crippen LogP) is 2.58. The summed E-state index contributed by atoms with van der Waals surface area (Å²) < 4.78 is 5.47.